The maximum atomic E-state index is 12.3. The number of aryl methyl sites for hydroxylation is 1. The highest BCUT2D eigenvalue weighted by atomic mass is 19.1. The van der Waals surface area contributed by atoms with Crippen molar-refractivity contribution in [2.75, 3.05) is 13.2 Å². The molecule has 0 aliphatic heterocycles. The van der Waals surface area contributed by atoms with Gasteiger partial charge in [0.15, 0.2) is 0 Å². The van der Waals surface area contributed by atoms with Gasteiger partial charge in [-0.15, -0.1) is 0 Å². The van der Waals surface area contributed by atoms with E-state index in [2.05, 4.69) is 10.2 Å². The molecule has 2 aromatic rings. The molecule has 5 nitrogen and oxygen atoms in total. The van der Waals surface area contributed by atoms with Crippen molar-refractivity contribution in [3.63, 3.8) is 0 Å². The molecule has 0 aliphatic carbocycles. The Hall–Kier alpha value is -2.21. The second-order valence-corrected chi connectivity index (χ2v) is 4.00. The van der Waals surface area contributed by atoms with Crippen molar-refractivity contribution in [2.45, 2.75) is 0 Å². The molecule has 1 heterocycles. The fourth-order valence-electron chi connectivity index (χ4n) is 1.51. The van der Waals surface area contributed by atoms with Gasteiger partial charge in [-0.1, -0.05) is 0 Å². The number of aromatic nitrogens is 3. The summed E-state index contributed by atoms with van der Waals surface area (Å²) in [4.78, 5) is 1.50. The normalized spacial score (nSPS) is 11.6. The van der Waals surface area contributed by atoms with Crippen LogP contribution in [0.5, 0.6) is 5.75 Å². The Morgan fingerprint density at radius 1 is 1.42 bits per heavy atom. The van der Waals surface area contributed by atoms with Crippen molar-refractivity contribution < 1.29 is 9.13 Å². The molecule has 6 heteroatoms. The number of ether oxygens (including phenoxy) is 1. The van der Waals surface area contributed by atoms with Gasteiger partial charge in [-0.05, 0) is 24.3 Å². The molecule has 0 radical (unpaired) electrons. The monoisotopic (exact) mass is 262 g/mol. The first-order valence-corrected chi connectivity index (χ1v) is 5.80. The quantitative estimate of drug-likeness (QED) is 0.890. The molecule has 0 fully saturated rings. The van der Waals surface area contributed by atoms with Crippen molar-refractivity contribution in [2.24, 2.45) is 12.8 Å². The van der Waals surface area contributed by atoms with Gasteiger partial charge >= 0.3 is 0 Å². The summed E-state index contributed by atoms with van der Waals surface area (Å²) >= 11 is 0. The van der Waals surface area contributed by atoms with Gasteiger partial charge in [-0.3, -0.25) is 0 Å². The maximum absolute atomic E-state index is 12.3. The molecule has 1 aromatic carbocycles. The summed E-state index contributed by atoms with van der Waals surface area (Å²) in [6.07, 6.45) is 2.17. The van der Waals surface area contributed by atoms with Gasteiger partial charge in [0.25, 0.3) is 0 Å². The molecular weight excluding hydrogens is 247 g/mol. The lowest BCUT2D eigenvalue weighted by Gasteiger charge is -2.07. The molecule has 0 aliphatic rings. The summed E-state index contributed by atoms with van der Waals surface area (Å²) < 4.78 is 17.7. The predicted octanol–water partition coefficient (Wildman–Crippen LogP) is 1.67. The number of nitrogens with two attached hydrogens (primary N) is 1. The zero-order valence-electron chi connectivity index (χ0n) is 10.6. The highest BCUT2D eigenvalue weighted by Crippen LogP contribution is 2.20. The molecule has 0 spiro atoms. The summed E-state index contributed by atoms with van der Waals surface area (Å²) in [5, 5.41) is 8.21. The highest BCUT2D eigenvalue weighted by molar-refractivity contribution is 5.58. The van der Waals surface area contributed by atoms with Gasteiger partial charge in [-0.2, -0.15) is 15.0 Å². The summed E-state index contributed by atoms with van der Waals surface area (Å²) in [7, 11) is 1.76. The Morgan fingerprint density at radius 2 is 2.16 bits per heavy atom. The van der Waals surface area contributed by atoms with E-state index < -0.39 is 0 Å². The zero-order valence-corrected chi connectivity index (χ0v) is 10.6. The number of nitrogens with zero attached hydrogens (tertiary/aromatic N) is 3. The van der Waals surface area contributed by atoms with Crippen LogP contribution >= 0.6 is 0 Å². The lowest BCUT2D eigenvalue weighted by molar-refractivity contribution is 0.347. The van der Waals surface area contributed by atoms with Crippen LogP contribution in [0.15, 0.2) is 42.4 Å². The summed E-state index contributed by atoms with van der Waals surface area (Å²) in [6.45, 7) is 0.297. The molecule has 0 saturated heterocycles. The fourth-order valence-corrected chi connectivity index (χ4v) is 1.51. The maximum Gasteiger partial charge on any atom is 0.119 e. The van der Waals surface area contributed by atoms with Crippen molar-refractivity contribution in [1.82, 2.24) is 15.0 Å². The summed E-state index contributed by atoms with van der Waals surface area (Å²) in [5.41, 5.74) is 7.50. The molecular formula is C13H15FN4O. The van der Waals surface area contributed by atoms with E-state index in [4.69, 9.17) is 10.5 Å². The topological polar surface area (TPSA) is 66.0 Å². The van der Waals surface area contributed by atoms with E-state index in [0.717, 1.165) is 11.3 Å². The second kappa shape index (κ2) is 6.10. The smallest absolute Gasteiger partial charge is 0.119 e. The van der Waals surface area contributed by atoms with Gasteiger partial charge in [0.1, 0.15) is 18.1 Å². The van der Waals surface area contributed by atoms with Crippen LogP contribution in [0.4, 0.5) is 4.39 Å². The van der Waals surface area contributed by atoms with Crippen LogP contribution in [0.1, 0.15) is 0 Å². The Bertz CT molecular complexity index is 562. The van der Waals surface area contributed by atoms with Crippen LogP contribution in [-0.2, 0) is 7.05 Å². The lowest BCUT2D eigenvalue weighted by Crippen LogP contribution is -2.10. The molecule has 19 heavy (non-hydrogen) atoms. The molecule has 1 aromatic heterocycles. The Balaban J connectivity index is 2.02. The predicted molar refractivity (Wildman–Crippen MR) is 70.2 cm³/mol. The van der Waals surface area contributed by atoms with Gasteiger partial charge < -0.3 is 10.5 Å². The van der Waals surface area contributed by atoms with Gasteiger partial charge in [-0.25, -0.2) is 4.39 Å². The average Bonchev–Trinajstić information content (AvgIpc) is 2.87. The minimum atomic E-state index is 0.147. The van der Waals surface area contributed by atoms with Crippen molar-refractivity contribution >= 4 is 0 Å². The minimum Gasteiger partial charge on any atom is -0.489 e. The van der Waals surface area contributed by atoms with E-state index >= 15 is 0 Å². The van der Waals surface area contributed by atoms with Crippen LogP contribution in [0.2, 0.25) is 0 Å². The van der Waals surface area contributed by atoms with Gasteiger partial charge in [0.2, 0.25) is 0 Å². The lowest BCUT2D eigenvalue weighted by atomic mass is 10.2. The minimum absolute atomic E-state index is 0.147. The molecule has 0 amide bonds. The van der Waals surface area contributed by atoms with Crippen molar-refractivity contribution in [3.05, 3.63) is 42.4 Å². The zero-order chi connectivity index (χ0) is 13.7. The van der Waals surface area contributed by atoms with E-state index in [1.807, 2.05) is 12.1 Å². The van der Waals surface area contributed by atoms with E-state index in [1.165, 1.54) is 4.80 Å². The third-order valence-corrected chi connectivity index (χ3v) is 2.59. The van der Waals surface area contributed by atoms with E-state index in [0.29, 0.717) is 17.7 Å². The summed E-state index contributed by atoms with van der Waals surface area (Å²) in [6, 6.07) is 7.36. The molecule has 100 valence electrons. The van der Waals surface area contributed by atoms with Gasteiger partial charge in [0.05, 0.1) is 12.5 Å². The number of hydrogen-bond donors (Lipinski definition) is 1. The number of hydrogen-bond acceptors (Lipinski definition) is 4. The average molecular weight is 262 g/mol. The Labute approximate surface area is 110 Å². The van der Waals surface area contributed by atoms with Gasteiger partial charge in [0, 0.05) is 24.7 Å². The Morgan fingerprint density at radius 3 is 2.68 bits per heavy atom. The second-order valence-electron chi connectivity index (χ2n) is 4.00. The van der Waals surface area contributed by atoms with Crippen LogP contribution in [0.3, 0.4) is 0 Å². The van der Waals surface area contributed by atoms with Crippen molar-refractivity contribution in [1.29, 1.82) is 0 Å². The molecule has 0 bridgehead atoms. The highest BCUT2D eigenvalue weighted by Gasteiger charge is 2.03. The fraction of sp³-hybridized carbons (Fsp3) is 0.231. The molecule has 0 saturated carbocycles. The first-order valence-electron chi connectivity index (χ1n) is 5.80. The SMILES string of the molecule is Cn1ncc(-c2ccc(OC/C(=C/F)CN)cc2)n1. The third-order valence-electron chi connectivity index (χ3n) is 2.59. The number of rotatable bonds is 5. The largest absolute Gasteiger partial charge is 0.489 e. The number of benzene rings is 1. The molecule has 2 N–H and O–H groups in total. The Kier molecular flexibility index (Phi) is 4.25. The van der Waals surface area contributed by atoms with E-state index in [9.17, 15) is 4.39 Å². The van der Waals surface area contributed by atoms with Crippen LogP contribution in [0.25, 0.3) is 11.3 Å². The molecule has 0 unspecified atom stereocenters. The number of halogens is 1. The van der Waals surface area contributed by atoms with Crippen LogP contribution in [-0.4, -0.2) is 28.1 Å². The first kappa shape index (κ1) is 13.2. The first-order chi connectivity index (χ1) is 9.22. The van der Waals surface area contributed by atoms with E-state index in [-0.39, 0.29) is 13.2 Å². The molecule has 2 rings (SSSR count). The molecule has 0 atom stereocenters. The third kappa shape index (κ3) is 3.38. The van der Waals surface area contributed by atoms with Crippen LogP contribution < -0.4 is 10.5 Å². The summed E-state index contributed by atoms with van der Waals surface area (Å²) in [5.74, 6) is 0.653. The standard InChI is InChI=1S/C13H15FN4O/c1-18-16-8-13(17-18)11-2-4-12(5-3-11)19-9-10(6-14)7-15/h2-6,8H,7,9,15H2,1H3/b10-6+. The van der Waals surface area contributed by atoms with Crippen LogP contribution in [0, 0.1) is 0 Å². The van der Waals surface area contributed by atoms with Crippen molar-refractivity contribution in [3.8, 4) is 17.0 Å². The van der Waals surface area contributed by atoms with E-state index in [1.54, 1.807) is 25.4 Å².